The molecule has 1 aliphatic rings. The number of rotatable bonds is 3. The third-order valence-electron chi connectivity index (χ3n) is 4.13. The number of hydrogen-bond acceptors (Lipinski definition) is 4. The molecule has 1 atom stereocenters. The van der Waals surface area contributed by atoms with E-state index in [1.807, 2.05) is 37.5 Å². The lowest BCUT2D eigenvalue weighted by molar-refractivity contribution is 0.415. The van der Waals surface area contributed by atoms with Crippen molar-refractivity contribution in [3.63, 3.8) is 0 Å². The van der Waals surface area contributed by atoms with Crippen molar-refractivity contribution >= 4 is 0 Å². The van der Waals surface area contributed by atoms with E-state index in [1.54, 1.807) is 7.11 Å². The molecule has 3 rings (SSSR count). The van der Waals surface area contributed by atoms with Crippen LogP contribution in [0.5, 0.6) is 5.75 Å². The number of hydrogen-bond donors (Lipinski definition) is 1. The molecule has 0 saturated carbocycles. The number of nitrogens with one attached hydrogen (secondary N) is 1. The maximum atomic E-state index is 5.19. The maximum absolute atomic E-state index is 5.19. The van der Waals surface area contributed by atoms with E-state index in [9.17, 15) is 0 Å². The van der Waals surface area contributed by atoms with Crippen molar-refractivity contribution < 1.29 is 4.74 Å². The average molecular weight is 283 g/mol. The van der Waals surface area contributed by atoms with Crippen molar-refractivity contribution in [2.45, 2.75) is 31.7 Å². The standard InChI is InChI=1S/C17H21N3O/c1-18-15-5-3-4-6-16-14(15)11-19-17(20-16)12-7-9-13(21-2)10-8-12/h7-11,15,18H,3-6H2,1-2H3. The van der Waals surface area contributed by atoms with E-state index in [0.717, 1.165) is 30.0 Å². The Hall–Kier alpha value is -1.94. The van der Waals surface area contributed by atoms with Gasteiger partial charge in [0.25, 0.3) is 0 Å². The molecule has 0 fully saturated rings. The lowest BCUT2D eigenvalue weighted by atomic mass is 10.0. The average Bonchev–Trinajstić information content (AvgIpc) is 2.76. The normalized spacial score (nSPS) is 17.9. The summed E-state index contributed by atoms with van der Waals surface area (Å²) in [5, 5.41) is 3.38. The lowest BCUT2D eigenvalue weighted by Gasteiger charge is -2.16. The first-order valence-electron chi connectivity index (χ1n) is 7.49. The first kappa shape index (κ1) is 14.0. The summed E-state index contributed by atoms with van der Waals surface area (Å²) in [6.45, 7) is 0. The van der Waals surface area contributed by atoms with Crippen LogP contribution in [0.4, 0.5) is 0 Å². The van der Waals surface area contributed by atoms with E-state index >= 15 is 0 Å². The van der Waals surface area contributed by atoms with Gasteiger partial charge in [-0.25, -0.2) is 9.97 Å². The highest BCUT2D eigenvalue weighted by Gasteiger charge is 2.19. The van der Waals surface area contributed by atoms with Gasteiger partial charge in [0.05, 0.1) is 7.11 Å². The molecule has 0 saturated heterocycles. The van der Waals surface area contributed by atoms with E-state index < -0.39 is 0 Å². The number of fused-ring (bicyclic) bond motifs is 1. The van der Waals surface area contributed by atoms with Gasteiger partial charge in [-0.05, 0) is 50.6 Å². The SMILES string of the molecule is CNC1CCCCc2nc(-c3ccc(OC)cc3)ncc21. The van der Waals surface area contributed by atoms with Crippen molar-refractivity contribution in [1.82, 2.24) is 15.3 Å². The van der Waals surface area contributed by atoms with Gasteiger partial charge in [-0.1, -0.05) is 6.42 Å². The van der Waals surface area contributed by atoms with Crippen LogP contribution in [-0.4, -0.2) is 24.1 Å². The highest BCUT2D eigenvalue weighted by molar-refractivity contribution is 5.56. The Morgan fingerprint density at radius 2 is 2.00 bits per heavy atom. The molecule has 1 heterocycles. The van der Waals surface area contributed by atoms with Crippen LogP contribution < -0.4 is 10.1 Å². The zero-order valence-corrected chi connectivity index (χ0v) is 12.6. The zero-order valence-electron chi connectivity index (χ0n) is 12.6. The van der Waals surface area contributed by atoms with Crippen LogP contribution in [0.2, 0.25) is 0 Å². The molecule has 1 aliphatic carbocycles. The summed E-state index contributed by atoms with van der Waals surface area (Å²) in [6.07, 6.45) is 6.63. The summed E-state index contributed by atoms with van der Waals surface area (Å²) in [5.41, 5.74) is 3.48. The number of ether oxygens (including phenoxy) is 1. The second-order valence-electron chi connectivity index (χ2n) is 5.41. The predicted octanol–water partition coefficient (Wildman–Crippen LogP) is 3.14. The Morgan fingerprint density at radius 1 is 1.19 bits per heavy atom. The second kappa shape index (κ2) is 6.22. The van der Waals surface area contributed by atoms with Gasteiger partial charge in [-0.3, -0.25) is 0 Å². The molecule has 110 valence electrons. The smallest absolute Gasteiger partial charge is 0.159 e. The van der Waals surface area contributed by atoms with Crippen LogP contribution in [0.15, 0.2) is 30.5 Å². The van der Waals surface area contributed by atoms with Gasteiger partial charge in [0.15, 0.2) is 5.82 Å². The Bertz CT molecular complexity index is 610. The first-order chi connectivity index (χ1) is 10.3. The minimum Gasteiger partial charge on any atom is -0.497 e. The highest BCUT2D eigenvalue weighted by Crippen LogP contribution is 2.28. The van der Waals surface area contributed by atoms with Gasteiger partial charge in [0.1, 0.15) is 5.75 Å². The van der Waals surface area contributed by atoms with Gasteiger partial charge in [-0.15, -0.1) is 0 Å². The summed E-state index contributed by atoms with van der Waals surface area (Å²) in [7, 11) is 3.68. The van der Waals surface area contributed by atoms with Gasteiger partial charge in [0.2, 0.25) is 0 Å². The fourth-order valence-electron chi connectivity index (χ4n) is 2.89. The Morgan fingerprint density at radius 3 is 2.71 bits per heavy atom. The summed E-state index contributed by atoms with van der Waals surface area (Å²) in [4.78, 5) is 9.37. The minimum absolute atomic E-state index is 0.382. The number of aryl methyl sites for hydroxylation is 1. The zero-order chi connectivity index (χ0) is 14.7. The molecule has 0 spiro atoms. The van der Waals surface area contributed by atoms with E-state index in [1.165, 1.54) is 24.1 Å². The Labute approximate surface area is 125 Å². The minimum atomic E-state index is 0.382. The number of benzene rings is 1. The van der Waals surface area contributed by atoms with Crippen molar-refractivity contribution in [3.05, 3.63) is 41.7 Å². The third kappa shape index (κ3) is 2.90. The van der Waals surface area contributed by atoms with Crippen LogP contribution in [0.3, 0.4) is 0 Å². The quantitative estimate of drug-likeness (QED) is 0.879. The summed E-state index contributed by atoms with van der Waals surface area (Å²) in [5.74, 6) is 1.65. The van der Waals surface area contributed by atoms with Crippen molar-refractivity contribution in [2.24, 2.45) is 0 Å². The molecule has 4 heteroatoms. The fourth-order valence-corrected chi connectivity index (χ4v) is 2.89. The van der Waals surface area contributed by atoms with Crippen LogP contribution in [0.25, 0.3) is 11.4 Å². The van der Waals surface area contributed by atoms with E-state index in [2.05, 4.69) is 10.3 Å². The van der Waals surface area contributed by atoms with Crippen molar-refractivity contribution in [2.75, 3.05) is 14.2 Å². The lowest BCUT2D eigenvalue weighted by Crippen LogP contribution is -2.17. The van der Waals surface area contributed by atoms with Gasteiger partial charge < -0.3 is 10.1 Å². The third-order valence-corrected chi connectivity index (χ3v) is 4.13. The molecular formula is C17H21N3O. The Kier molecular flexibility index (Phi) is 4.15. The van der Waals surface area contributed by atoms with Crippen LogP contribution >= 0.6 is 0 Å². The second-order valence-corrected chi connectivity index (χ2v) is 5.41. The summed E-state index contributed by atoms with van der Waals surface area (Å²) >= 11 is 0. The highest BCUT2D eigenvalue weighted by atomic mass is 16.5. The maximum Gasteiger partial charge on any atom is 0.159 e. The molecule has 1 aromatic heterocycles. The number of methoxy groups -OCH3 is 1. The predicted molar refractivity (Wildman–Crippen MR) is 83.4 cm³/mol. The number of aromatic nitrogens is 2. The van der Waals surface area contributed by atoms with Crippen LogP contribution in [-0.2, 0) is 6.42 Å². The molecule has 0 amide bonds. The summed E-state index contributed by atoms with van der Waals surface area (Å²) in [6, 6.07) is 8.29. The molecule has 1 aromatic carbocycles. The van der Waals surface area contributed by atoms with Crippen molar-refractivity contribution in [3.8, 4) is 17.1 Å². The molecule has 4 nitrogen and oxygen atoms in total. The molecule has 2 aromatic rings. The monoisotopic (exact) mass is 283 g/mol. The molecule has 0 aliphatic heterocycles. The van der Waals surface area contributed by atoms with Crippen molar-refractivity contribution in [1.29, 1.82) is 0 Å². The molecule has 21 heavy (non-hydrogen) atoms. The molecule has 0 bridgehead atoms. The van der Waals surface area contributed by atoms with Crippen LogP contribution in [0, 0.1) is 0 Å². The van der Waals surface area contributed by atoms with Gasteiger partial charge >= 0.3 is 0 Å². The van der Waals surface area contributed by atoms with Gasteiger partial charge in [-0.2, -0.15) is 0 Å². The van der Waals surface area contributed by atoms with E-state index in [-0.39, 0.29) is 0 Å². The molecule has 1 unspecified atom stereocenters. The van der Waals surface area contributed by atoms with Gasteiger partial charge in [0, 0.05) is 29.1 Å². The van der Waals surface area contributed by atoms with E-state index in [0.29, 0.717) is 6.04 Å². The largest absolute Gasteiger partial charge is 0.497 e. The molecular weight excluding hydrogens is 262 g/mol. The molecule has 0 radical (unpaired) electrons. The van der Waals surface area contributed by atoms with E-state index in [4.69, 9.17) is 9.72 Å². The fraction of sp³-hybridized carbons (Fsp3) is 0.412. The topological polar surface area (TPSA) is 47.0 Å². The number of nitrogens with zero attached hydrogens (tertiary/aromatic N) is 2. The van der Waals surface area contributed by atoms with Crippen LogP contribution in [0.1, 0.15) is 36.6 Å². The summed E-state index contributed by atoms with van der Waals surface area (Å²) < 4.78 is 5.19. The first-order valence-corrected chi connectivity index (χ1v) is 7.49. The molecule has 1 N–H and O–H groups in total. The Balaban J connectivity index is 1.95.